The number of nitrogens with zero attached hydrogens (tertiary/aromatic N) is 2. The molecule has 0 radical (unpaired) electrons. The van der Waals surface area contributed by atoms with E-state index in [1.807, 2.05) is 36.1 Å². The average molecular weight is 329 g/mol. The molecule has 0 saturated carbocycles. The topological polar surface area (TPSA) is 87.0 Å². The first-order valence-corrected chi connectivity index (χ1v) is 7.98. The lowest BCUT2D eigenvalue weighted by Gasteiger charge is -2.17. The lowest BCUT2D eigenvalue weighted by Crippen LogP contribution is -2.30. The molecule has 6 nitrogen and oxygen atoms in total. The van der Waals surface area contributed by atoms with Crippen LogP contribution in [0.3, 0.4) is 0 Å². The molecule has 0 bridgehead atoms. The molecule has 4 N–H and O–H groups in total. The zero-order chi connectivity index (χ0) is 16.4. The fourth-order valence-corrected chi connectivity index (χ4v) is 3.01. The maximum absolute atomic E-state index is 12.4. The number of hydrogen-bond donors (Lipinski definition) is 3. The molecule has 3 rings (SSSR count). The summed E-state index contributed by atoms with van der Waals surface area (Å²) in [6, 6.07) is 7.74. The van der Waals surface area contributed by atoms with Crippen molar-refractivity contribution in [1.82, 2.24) is 9.97 Å². The second-order valence-corrected chi connectivity index (χ2v) is 6.08. The second-order valence-electron chi connectivity index (χ2n) is 5.67. The van der Waals surface area contributed by atoms with Gasteiger partial charge in [-0.05, 0) is 37.5 Å². The molecular weight excluding hydrogens is 310 g/mol. The highest BCUT2D eigenvalue weighted by molar-refractivity contribution is 7.81. The molecule has 1 aliphatic heterocycles. The Hall–Kier alpha value is -2.41. The fraction of sp³-hybridized carbons (Fsp3) is 0.312. The molecule has 2 heterocycles. The van der Waals surface area contributed by atoms with E-state index in [-0.39, 0.29) is 21.9 Å². The average Bonchev–Trinajstić information content (AvgIpc) is 3.00. The van der Waals surface area contributed by atoms with E-state index in [0.717, 1.165) is 37.2 Å². The van der Waals surface area contributed by atoms with Crippen LogP contribution in [0.2, 0.25) is 0 Å². The molecule has 7 heteroatoms. The van der Waals surface area contributed by atoms with E-state index in [2.05, 4.69) is 15.3 Å². The smallest absolute Gasteiger partial charge is 0.264 e. The maximum atomic E-state index is 12.4. The summed E-state index contributed by atoms with van der Waals surface area (Å²) in [6.07, 6.45) is 2.19. The fourth-order valence-electron chi connectivity index (χ4n) is 2.69. The minimum atomic E-state index is -0.315. The van der Waals surface area contributed by atoms with Crippen molar-refractivity contribution in [2.75, 3.05) is 29.0 Å². The van der Waals surface area contributed by atoms with Crippen molar-refractivity contribution in [3.63, 3.8) is 0 Å². The number of H-pyrrole nitrogens is 1. The summed E-state index contributed by atoms with van der Waals surface area (Å²) in [5, 5.41) is 3.05. The van der Waals surface area contributed by atoms with E-state index in [4.69, 9.17) is 18.0 Å². The SMILES string of the molecule is Cc1cccc(NC(=S)c2c(N)nc(N3CCCC3)[nH]c2=O)c1. The predicted molar refractivity (Wildman–Crippen MR) is 97.2 cm³/mol. The van der Waals surface area contributed by atoms with Crippen LogP contribution in [0, 0.1) is 6.92 Å². The molecule has 1 fully saturated rings. The van der Waals surface area contributed by atoms with Crippen LogP contribution in [0.1, 0.15) is 24.0 Å². The number of aryl methyl sites for hydroxylation is 1. The first-order chi connectivity index (χ1) is 11.0. The zero-order valence-electron chi connectivity index (χ0n) is 12.9. The number of nitrogens with two attached hydrogens (primary N) is 1. The third-order valence-electron chi connectivity index (χ3n) is 3.84. The first-order valence-electron chi connectivity index (χ1n) is 7.57. The molecular formula is C16H19N5OS. The Morgan fingerprint density at radius 1 is 1.39 bits per heavy atom. The van der Waals surface area contributed by atoms with Gasteiger partial charge in [-0.3, -0.25) is 9.78 Å². The van der Waals surface area contributed by atoms with Crippen LogP contribution in [-0.2, 0) is 0 Å². The van der Waals surface area contributed by atoms with Gasteiger partial charge in [0.1, 0.15) is 16.4 Å². The Kier molecular flexibility index (Phi) is 4.29. The Labute approximate surface area is 139 Å². The third-order valence-corrected chi connectivity index (χ3v) is 4.15. The Morgan fingerprint density at radius 3 is 2.78 bits per heavy atom. The van der Waals surface area contributed by atoms with Gasteiger partial charge < -0.3 is 16.0 Å². The molecule has 0 aliphatic carbocycles. The molecule has 1 saturated heterocycles. The maximum Gasteiger partial charge on any atom is 0.264 e. The van der Waals surface area contributed by atoms with Crippen LogP contribution < -0.4 is 21.5 Å². The minimum absolute atomic E-state index is 0.154. The highest BCUT2D eigenvalue weighted by Crippen LogP contribution is 2.17. The van der Waals surface area contributed by atoms with Crippen molar-refractivity contribution < 1.29 is 0 Å². The van der Waals surface area contributed by atoms with Gasteiger partial charge in [0.25, 0.3) is 5.56 Å². The van der Waals surface area contributed by atoms with Crippen molar-refractivity contribution in [3.05, 3.63) is 45.7 Å². The number of nitrogen functional groups attached to an aromatic ring is 1. The number of rotatable bonds is 3. The normalized spacial score (nSPS) is 14.0. The number of hydrogen-bond acceptors (Lipinski definition) is 5. The summed E-state index contributed by atoms with van der Waals surface area (Å²) in [4.78, 5) is 21.8. The molecule has 1 aromatic heterocycles. The highest BCUT2D eigenvalue weighted by Gasteiger charge is 2.19. The minimum Gasteiger partial charge on any atom is -0.383 e. The lowest BCUT2D eigenvalue weighted by atomic mass is 10.2. The number of aromatic nitrogens is 2. The van der Waals surface area contributed by atoms with Crippen molar-refractivity contribution in [3.8, 4) is 0 Å². The van der Waals surface area contributed by atoms with Crippen molar-refractivity contribution in [1.29, 1.82) is 0 Å². The van der Waals surface area contributed by atoms with Gasteiger partial charge in [0.05, 0.1) is 0 Å². The summed E-state index contributed by atoms with van der Waals surface area (Å²) < 4.78 is 0. The summed E-state index contributed by atoms with van der Waals surface area (Å²) in [6.45, 7) is 3.75. The molecule has 120 valence electrons. The monoisotopic (exact) mass is 329 g/mol. The molecule has 0 atom stereocenters. The quantitative estimate of drug-likeness (QED) is 0.747. The molecule has 0 amide bonds. The van der Waals surface area contributed by atoms with E-state index < -0.39 is 0 Å². The van der Waals surface area contributed by atoms with Crippen molar-refractivity contribution in [2.45, 2.75) is 19.8 Å². The largest absolute Gasteiger partial charge is 0.383 e. The van der Waals surface area contributed by atoms with E-state index in [1.165, 1.54) is 0 Å². The van der Waals surface area contributed by atoms with E-state index >= 15 is 0 Å². The molecule has 2 aromatic rings. The van der Waals surface area contributed by atoms with Crippen molar-refractivity contribution >= 4 is 34.7 Å². The Bertz CT molecular complexity index is 795. The van der Waals surface area contributed by atoms with Gasteiger partial charge in [-0.25, -0.2) is 0 Å². The van der Waals surface area contributed by atoms with Gasteiger partial charge in [-0.2, -0.15) is 4.98 Å². The highest BCUT2D eigenvalue weighted by atomic mass is 32.1. The van der Waals surface area contributed by atoms with Crippen molar-refractivity contribution in [2.24, 2.45) is 0 Å². The van der Waals surface area contributed by atoms with Gasteiger partial charge in [0, 0.05) is 18.8 Å². The van der Waals surface area contributed by atoms with Gasteiger partial charge in [-0.1, -0.05) is 24.4 Å². The first kappa shape index (κ1) is 15.5. The van der Waals surface area contributed by atoms with Crippen LogP contribution in [-0.4, -0.2) is 28.0 Å². The molecule has 1 aliphatic rings. The number of benzene rings is 1. The number of anilines is 3. The predicted octanol–water partition coefficient (Wildman–Crippen LogP) is 2.05. The Balaban J connectivity index is 1.87. The van der Waals surface area contributed by atoms with Crippen LogP contribution >= 0.6 is 12.2 Å². The number of aromatic amines is 1. The molecule has 1 aromatic carbocycles. The summed E-state index contributed by atoms with van der Waals surface area (Å²) in [7, 11) is 0. The van der Waals surface area contributed by atoms with Gasteiger partial charge in [-0.15, -0.1) is 0 Å². The van der Waals surface area contributed by atoms with Crippen LogP contribution in [0.4, 0.5) is 17.5 Å². The molecule has 0 unspecified atom stereocenters. The zero-order valence-corrected chi connectivity index (χ0v) is 13.7. The van der Waals surface area contributed by atoms with Crippen LogP contribution in [0.15, 0.2) is 29.1 Å². The number of nitrogens with one attached hydrogen (secondary N) is 2. The third kappa shape index (κ3) is 3.34. The van der Waals surface area contributed by atoms with Gasteiger partial charge in [0.2, 0.25) is 5.95 Å². The van der Waals surface area contributed by atoms with Gasteiger partial charge in [0.15, 0.2) is 0 Å². The second kappa shape index (κ2) is 6.37. The van der Waals surface area contributed by atoms with E-state index in [0.29, 0.717) is 5.95 Å². The Morgan fingerprint density at radius 2 is 2.13 bits per heavy atom. The summed E-state index contributed by atoms with van der Waals surface area (Å²) in [5.41, 5.74) is 7.80. The van der Waals surface area contributed by atoms with E-state index in [1.54, 1.807) is 0 Å². The van der Waals surface area contributed by atoms with Gasteiger partial charge >= 0.3 is 0 Å². The number of thiocarbonyl (C=S) groups is 1. The lowest BCUT2D eigenvalue weighted by molar-refractivity contribution is 0.891. The van der Waals surface area contributed by atoms with Crippen LogP contribution in [0.25, 0.3) is 0 Å². The molecule has 0 spiro atoms. The summed E-state index contributed by atoms with van der Waals surface area (Å²) >= 11 is 5.33. The van der Waals surface area contributed by atoms with E-state index in [9.17, 15) is 4.79 Å². The standard InChI is InChI=1S/C16H19N5OS/c1-10-5-4-6-11(9-10)18-15(23)12-13(17)19-16(20-14(12)22)21-7-2-3-8-21/h4-6,9H,2-3,7-8H2,1H3,(H,18,23)(H3,17,19,20,22). The van der Waals surface area contributed by atoms with Crippen LogP contribution in [0.5, 0.6) is 0 Å². The summed E-state index contributed by atoms with van der Waals surface area (Å²) in [5.74, 6) is 0.674. The molecule has 23 heavy (non-hydrogen) atoms.